The normalized spacial score (nSPS) is 51.2. The van der Waals surface area contributed by atoms with Gasteiger partial charge in [-0.1, -0.05) is 6.42 Å². The molecular weight excluding hydrogens is 152 g/mol. The van der Waals surface area contributed by atoms with E-state index in [9.17, 15) is 4.79 Å². The summed E-state index contributed by atoms with van der Waals surface area (Å²) in [5, 5.41) is 0. The number of rotatable bonds is 0. The van der Waals surface area contributed by atoms with Crippen LogP contribution in [-0.2, 0) is 9.53 Å². The molecule has 66 valence electrons. The lowest BCUT2D eigenvalue weighted by Gasteiger charge is -2.32. The van der Waals surface area contributed by atoms with Gasteiger partial charge in [0.1, 0.15) is 6.10 Å². The van der Waals surface area contributed by atoms with E-state index in [1.807, 2.05) is 0 Å². The third-order valence-corrected chi connectivity index (χ3v) is 3.93. The Bertz CT molecular complexity index is 236. The second-order valence-corrected chi connectivity index (χ2v) is 4.46. The minimum absolute atomic E-state index is 0.0101. The van der Waals surface area contributed by atoms with Crippen LogP contribution in [0, 0.1) is 5.92 Å². The van der Waals surface area contributed by atoms with E-state index in [1.54, 1.807) is 0 Å². The second-order valence-electron chi connectivity index (χ2n) is 4.46. The summed E-state index contributed by atoms with van der Waals surface area (Å²) >= 11 is 0. The third kappa shape index (κ3) is 0.717. The Labute approximate surface area is 72.3 Å². The number of ketones is 1. The summed E-state index contributed by atoms with van der Waals surface area (Å²) in [5.74, 6) is 1.07. The summed E-state index contributed by atoms with van der Waals surface area (Å²) in [5.41, 5.74) is 0.165. The maximum atomic E-state index is 11.4. The van der Waals surface area contributed by atoms with Gasteiger partial charge < -0.3 is 4.74 Å². The summed E-state index contributed by atoms with van der Waals surface area (Å²) in [6.45, 7) is 0. The van der Waals surface area contributed by atoms with Gasteiger partial charge in [-0.05, 0) is 31.6 Å². The highest BCUT2D eigenvalue weighted by molar-refractivity contribution is 5.84. The Balaban J connectivity index is 1.95. The van der Waals surface area contributed by atoms with E-state index in [0.29, 0.717) is 11.7 Å². The van der Waals surface area contributed by atoms with Crippen molar-refractivity contribution in [1.29, 1.82) is 0 Å². The summed E-state index contributed by atoms with van der Waals surface area (Å²) in [6.07, 6.45) is 6.62. The van der Waals surface area contributed by atoms with E-state index >= 15 is 0 Å². The number of Topliss-reactive ketones (excluding diaryl/α,β-unsaturated/α-hetero) is 1. The molecule has 0 amide bonds. The van der Waals surface area contributed by atoms with Gasteiger partial charge in [-0.25, -0.2) is 0 Å². The van der Waals surface area contributed by atoms with Gasteiger partial charge in [-0.3, -0.25) is 4.79 Å². The molecule has 1 saturated carbocycles. The Morgan fingerprint density at radius 3 is 3.25 bits per heavy atom. The molecule has 2 bridgehead atoms. The van der Waals surface area contributed by atoms with Gasteiger partial charge in [-0.2, -0.15) is 0 Å². The van der Waals surface area contributed by atoms with Crippen molar-refractivity contribution in [3.05, 3.63) is 0 Å². The lowest BCUT2D eigenvalue weighted by Crippen LogP contribution is -2.38. The Kier molecular flexibility index (Phi) is 1.24. The van der Waals surface area contributed by atoms with E-state index in [1.165, 1.54) is 19.3 Å². The van der Waals surface area contributed by atoms with Crippen LogP contribution in [0.15, 0.2) is 0 Å². The van der Waals surface area contributed by atoms with Crippen molar-refractivity contribution < 1.29 is 9.53 Å². The molecule has 2 heteroatoms. The number of fused-ring (bicyclic) bond motifs is 1. The molecule has 2 nitrogen and oxygen atoms in total. The molecule has 3 fully saturated rings. The molecule has 12 heavy (non-hydrogen) atoms. The zero-order valence-electron chi connectivity index (χ0n) is 7.21. The molecular formula is C10H14O2. The van der Waals surface area contributed by atoms with Gasteiger partial charge in [-0.15, -0.1) is 0 Å². The van der Waals surface area contributed by atoms with Crippen LogP contribution < -0.4 is 0 Å². The number of hydrogen-bond donors (Lipinski definition) is 0. The van der Waals surface area contributed by atoms with Gasteiger partial charge in [0.2, 0.25) is 0 Å². The monoisotopic (exact) mass is 166 g/mol. The van der Waals surface area contributed by atoms with Gasteiger partial charge >= 0.3 is 0 Å². The molecule has 0 N–H and O–H groups in total. The number of ether oxygens (including phenoxy) is 1. The van der Waals surface area contributed by atoms with Crippen LogP contribution in [0.25, 0.3) is 0 Å². The molecule has 2 aliphatic heterocycles. The molecule has 0 aromatic heterocycles. The number of carbonyl (C=O) groups is 1. The maximum absolute atomic E-state index is 11.4. The van der Waals surface area contributed by atoms with E-state index in [4.69, 9.17) is 4.74 Å². The van der Waals surface area contributed by atoms with Crippen molar-refractivity contribution in [3.63, 3.8) is 0 Å². The predicted octanol–water partition coefficient (Wildman–Crippen LogP) is 1.68. The minimum atomic E-state index is -0.0101. The first kappa shape index (κ1) is 7.07. The van der Waals surface area contributed by atoms with Crippen LogP contribution in [0.1, 0.15) is 38.5 Å². The molecule has 3 aliphatic rings. The molecule has 3 atom stereocenters. The van der Waals surface area contributed by atoms with Crippen LogP contribution in [-0.4, -0.2) is 17.5 Å². The third-order valence-electron chi connectivity index (χ3n) is 3.93. The Morgan fingerprint density at radius 1 is 1.42 bits per heavy atom. The van der Waals surface area contributed by atoms with Crippen LogP contribution >= 0.6 is 0 Å². The van der Waals surface area contributed by atoms with Gasteiger partial charge in [0.15, 0.2) is 5.78 Å². The SMILES string of the molecule is O=C1CC[C@]23CCC[C@H]2C[C@H]1O3. The standard InChI is InChI=1S/C10H14O2/c11-8-3-5-10-4-1-2-7(10)6-9(8)12-10/h7,9H,1-6H2/t7-,9+,10+/m0/s1. The van der Waals surface area contributed by atoms with Crippen molar-refractivity contribution in [1.82, 2.24) is 0 Å². The summed E-state index contributed by atoms with van der Waals surface area (Å²) in [4.78, 5) is 11.4. The lowest BCUT2D eigenvalue weighted by molar-refractivity contribution is -0.146. The largest absolute Gasteiger partial charge is 0.364 e. The van der Waals surface area contributed by atoms with Gasteiger partial charge in [0.05, 0.1) is 5.60 Å². The van der Waals surface area contributed by atoms with Gasteiger partial charge in [0.25, 0.3) is 0 Å². The molecule has 1 spiro atoms. The summed E-state index contributed by atoms with van der Waals surface area (Å²) in [6, 6.07) is 0. The fraction of sp³-hybridized carbons (Fsp3) is 0.900. The van der Waals surface area contributed by atoms with Crippen LogP contribution in [0.2, 0.25) is 0 Å². The number of hydrogen-bond acceptors (Lipinski definition) is 2. The fourth-order valence-electron chi connectivity index (χ4n) is 3.27. The van der Waals surface area contributed by atoms with E-state index in [-0.39, 0.29) is 11.7 Å². The molecule has 2 heterocycles. The second kappa shape index (κ2) is 2.11. The van der Waals surface area contributed by atoms with Crippen molar-refractivity contribution in [2.24, 2.45) is 5.92 Å². The van der Waals surface area contributed by atoms with E-state index in [0.717, 1.165) is 19.3 Å². The van der Waals surface area contributed by atoms with Gasteiger partial charge in [0, 0.05) is 6.42 Å². The average Bonchev–Trinajstić information content (AvgIpc) is 2.52. The quantitative estimate of drug-likeness (QED) is 0.547. The molecule has 0 aromatic carbocycles. The smallest absolute Gasteiger partial charge is 0.161 e. The van der Waals surface area contributed by atoms with Crippen LogP contribution in [0.3, 0.4) is 0 Å². The molecule has 0 aromatic rings. The first-order valence-corrected chi connectivity index (χ1v) is 5.01. The van der Waals surface area contributed by atoms with Crippen molar-refractivity contribution in [2.45, 2.75) is 50.2 Å². The maximum Gasteiger partial charge on any atom is 0.161 e. The van der Waals surface area contributed by atoms with E-state index < -0.39 is 0 Å². The topological polar surface area (TPSA) is 26.3 Å². The van der Waals surface area contributed by atoms with Crippen LogP contribution in [0.4, 0.5) is 0 Å². The van der Waals surface area contributed by atoms with Crippen molar-refractivity contribution in [2.75, 3.05) is 0 Å². The summed E-state index contributed by atoms with van der Waals surface area (Å²) in [7, 11) is 0. The minimum Gasteiger partial charge on any atom is -0.364 e. The first-order chi connectivity index (χ1) is 5.80. The molecule has 3 rings (SSSR count). The zero-order chi connectivity index (χ0) is 8.18. The van der Waals surface area contributed by atoms with E-state index in [2.05, 4.69) is 0 Å². The first-order valence-electron chi connectivity index (χ1n) is 5.01. The lowest BCUT2D eigenvalue weighted by atomic mass is 9.88. The average molecular weight is 166 g/mol. The summed E-state index contributed by atoms with van der Waals surface area (Å²) < 4.78 is 5.87. The molecule has 1 aliphatic carbocycles. The molecule has 0 radical (unpaired) electrons. The number of carbonyl (C=O) groups excluding carboxylic acids is 1. The predicted molar refractivity (Wildman–Crippen MR) is 43.8 cm³/mol. The fourth-order valence-corrected chi connectivity index (χ4v) is 3.27. The molecule has 0 unspecified atom stereocenters. The zero-order valence-corrected chi connectivity index (χ0v) is 7.21. The highest BCUT2D eigenvalue weighted by Crippen LogP contribution is 2.53. The highest BCUT2D eigenvalue weighted by Gasteiger charge is 2.55. The van der Waals surface area contributed by atoms with Crippen molar-refractivity contribution >= 4 is 5.78 Å². The Morgan fingerprint density at radius 2 is 2.33 bits per heavy atom. The Hall–Kier alpha value is -0.370. The molecule has 2 saturated heterocycles. The highest BCUT2D eigenvalue weighted by atomic mass is 16.5. The van der Waals surface area contributed by atoms with Crippen LogP contribution in [0.5, 0.6) is 0 Å². The van der Waals surface area contributed by atoms with Crippen molar-refractivity contribution in [3.8, 4) is 0 Å².